The van der Waals surface area contributed by atoms with Crippen molar-refractivity contribution in [2.24, 2.45) is 11.7 Å². The van der Waals surface area contributed by atoms with Crippen LogP contribution in [0, 0.1) is 5.92 Å². The quantitative estimate of drug-likeness (QED) is 0.855. The van der Waals surface area contributed by atoms with Gasteiger partial charge in [0, 0.05) is 12.7 Å². The van der Waals surface area contributed by atoms with E-state index in [2.05, 4.69) is 10.3 Å². The summed E-state index contributed by atoms with van der Waals surface area (Å²) in [5.74, 6) is 3.65. The highest BCUT2D eigenvalue weighted by Gasteiger charge is 2.13. The normalized spacial score (nSPS) is 16.7. The third kappa shape index (κ3) is 3.63. The van der Waals surface area contributed by atoms with Crippen LogP contribution in [0.2, 0.25) is 0 Å². The van der Waals surface area contributed by atoms with Gasteiger partial charge in [-0.05, 0) is 42.4 Å². The first-order valence-corrected chi connectivity index (χ1v) is 6.98. The van der Waals surface area contributed by atoms with Crippen molar-refractivity contribution < 1.29 is 4.79 Å². The molecule has 0 aromatic carbocycles. The van der Waals surface area contributed by atoms with Crippen molar-refractivity contribution in [2.75, 3.05) is 23.4 Å². The van der Waals surface area contributed by atoms with Gasteiger partial charge in [-0.3, -0.25) is 4.79 Å². The van der Waals surface area contributed by atoms with Gasteiger partial charge in [-0.25, -0.2) is 4.98 Å². The number of nitrogens with two attached hydrogens (primary N) is 1. The largest absolute Gasteiger partial charge is 0.370 e. The van der Waals surface area contributed by atoms with E-state index in [1.54, 1.807) is 12.1 Å². The molecular formula is C12H17N3OS. The Morgan fingerprint density at radius 2 is 2.24 bits per heavy atom. The predicted octanol–water partition coefficient (Wildman–Crippen LogP) is 1.74. The molecule has 0 aliphatic carbocycles. The summed E-state index contributed by atoms with van der Waals surface area (Å²) in [7, 11) is 0. The first-order chi connectivity index (χ1) is 8.25. The number of carbonyl (C=O) groups excluding carboxylic acids is 1. The Labute approximate surface area is 105 Å². The molecule has 0 unspecified atom stereocenters. The first-order valence-electron chi connectivity index (χ1n) is 5.83. The number of nitrogens with one attached hydrogen (secondary N) is 1. The van der Waals surface area contributed by atoms with E-state index >= 15 is 0 Å². The fraction of sp³-hybridized carbons (Fsp3) is 0.500. The van der Waals surface area contributed by atoms with Crippen LogP contribution in [0.4, 0.5) is 5.82 Å². The zero-order valence-corrected chi connectivity index (χ0v) is 10.5. The lowest BCUT2D eigenvalue weighted by Gasteiger charge is -2.21. The second-order valence-corrected chi connectivity index (χ2v) is 5.46. The van der Waals surface area contributed by atoms with Crippen molar-refractivity contribution in [3.63, 3.8) is 0 Å². The molecule has 1 amide bonds. The van der Waals surface area contributed by atoms with Gasteiger partial charge in [0.05, 0.1) is 5.56 Å². The van der Waals surface area contributed by atoms with Crippen LogP contribution in [0.5, 0.6) is 0 Å². The summed E-state index contributed by atoms with van der Waals surface area (Å²) in [6, 6.07) is 3.51. The lowest BCUT2D eigenvalue weighted by Crippen LogP contribution is -2.19. The summed E-state index contributed by atoms with van der Waals surface area (Å²) >= 11 is 2.03. The first kappa shape index (κ1) is 12.2. The number of primary amides is 1. The smallest absolute Gasteiger partial charge is 0.250 e. The highest BCUT2D eigenvalue weighted by molar-refractivity contribution is 7.99. The van der Waals surface area contributed by atoms with E-state index in [1.165, 1.54) is 30.5 Å². The Morgan fingerprint density at radius 3 is 2.82 bits per heavy atom. The molecule has 2 rings (SSSR count). The number of rotatable bonds is 4. The lowest BCUT2D eigenvalue weighted by molar-refractivity contribution is 0.1000. The third-order valence-electron chi connectivity index (χ3n) is 2.96. The average Bonchev–Trinajstić information content (AvgIpc) is 2.38. The molecule has 92 valence electrons. The fourth-order valence-electron chi connectivity index (χ4n) is 1.84. The van der Waals surface area contributed by atoms with Crippen LogP contribution in [0.15, 0.2) is 18.3 Å². The number of hydrogen-bond acceptors (Lipinski definition) is 4. The molecule has 1 saturated heterocycles. The van der Waals surface area contributed by atoms with E-state index in [0.717, 1.165) is 18.3 Å². The molecule has 1 aliphatic rings. The van der Waals surface area contributed by atoms with Crippen LogP contribution < -0.4 is 11.1 Å². The Kier molecular flexibility index (Phi) is 4.25. The molecule has 1 fully saturated rings. The van der Waals surface area contributed by atoms with Crippen molar-refractivity contribution in [1.29, 1.82) is 0 Å². The van der Waals surface area contributed by atoms with Gasteiger partial charge in [0.25, 0.3) is 0 Å². The maximum absolute atomic E-state index is 10.9. The van der Waals surface area contributed by atoms with Gasteiger partial charge in [-0.2, -0.15) is 11.8 Å². The van der Waals surface area contributed by atoms with E-state index in [9.17, 15) is 4.79 Å². The molecule has 2 heterocycles. The second kappa shape index (κ2) is 5.91. The molecule has 0 bridgehead atoms. The zero-order chi connectivity index (χ0) is 12.1. The number of thioether (sulfide) groups is 1. The molecular weight excluding hydrogens is 234 g/mol. The summed E-state index contributed by atoms with van der Waals surface area (Å²) in [6.45, 7) is 0.962. The number of amides is 1. The molecule has 1 aromatic heterocycles. The zero-order valence-electron chi connectivity index (χ0n) is 9.69. The van der Waals surface area contributed by atoms with Gasteiger partial charge in [0.2, 0.25) is 5.91 Å². The summed E-state index contributed by atoms with van der Waals surface area (Å²) in [4.78, 5) is 15.0. The number of pyridine rings is 1. The molecule has 17 heavy (non-hydrogen) atoms. The van der Waals surface area contributed by atoms with Crippen molar-refractivity contribution in [2.45, 2.75) is 12.8 Å². The minimum atomic E-state index is -0.437. The number of aromatic nitrogens is 1. The van der Waals surface area contributed by atoms with Crippen LogP contribution in [0.25, 0.3) is 0 Å². The molecule has 0 radical (unpaired) electrons. The van der Waals surface area contributed by atoms with Crippen LogP contribution in [-0.4, -0.2) is 28.9 Å². The number of anilines is 1. The highest BCUT2D eigenvalue weighted by atomic mass is 32.2. The Morgan fingerprint density at radius 1 is 1.47 bits per heavy atom. The van der Waals surface area contributed by atoms with Gasteiger partial charge < -0.3 is 11.1 Å². The average molecular weight is 251 g/mol. The highest BCUT2D eigenvalue weighted by Crippen LogP contribution is 2.22. The minimum absolute atomic E-state index is 0.437. The number of hydrogen-bond donors (Lipinski definition) is 2. The Bertz CT molecular complexity index is 374. The topological polar surface area (TPSA) is 68.0 Å². The van der Waals surface area contributed by atoms with Crippen molar-refractivity contribution in [3.8, 4) is 0 Å². The van der Waals surface area contributed by atoms with Crippen LogP contribution in [-0.2, 0) is 0 Å². The summed E-state index contributed by atoms with van der Waals surface area (Å²) in [5.41, 5.74) is 5.60. The van der Waals surface area contributed by atoms with Gasteiger partial charge in [-0.1, -0.05) is 0 Å². The third-order valence-corrected chi connectivity index (χ3v) is 4.01. The van der Waals surface area contributed by atoms with E-state index in [-0.39, 0.29) is 0 Å². The standard InChI is InChI=1S/C12H17N3OS/c13-12(16)10-1-2-11(15-8-10)14-7-9-3-5-17-6-4-9/h1-2,8-9H,3-7H2,(H2,13,16)(H,14,15). The van der Waals surface area contributed by atoms with Crippen LogP contribution >= 0.6 is 11.8 Å². The summed E-state index contributed by atoms with van der Waals surface area (Å²) in [6.07, 6.45) is 4.06. The maximum Gasteiger partial charge on any atom is 0.250 e. The predicted molar refractivity (Wildman–Crippen MR) is 71.3 cm³/mol. The summed E-state index contributed by atoms with van der Waals surface area (Å²) < 4.78 is 0. The van der Waals surface area contributed by atoms with E-state index in [1.807, 2.05) is 11.8 Å². The Hall–Kier alpha value is -1.23. The summed E-state index contributed by atoms with van der Waals surface area (Å²) in [5, 5.41) is 3.31. The van der Waals surface area contributed by atoms with Gasteiger partial charge >= 0.3 is 0 Å². The minimum Gasteiger partial charge on any atom is -0.370 e. The Balaban J connectivity index is 1.84. The SMILES string of the molecule is NC(=O)c1ccc(NCC2CCSCC2)nc1. The molecule has 0 saturated carbocycles. The number of nitrogens with zero attached hydrogens (tertiary/aromatic N) is 1. The molecule has 4 nitrogen and oxygen atoms in total. The van der Waals surface area contributed by atoms with Crippen LogP contribution in [0.3, 0.4) is 0 Å². The van der Waals surface area contributed by atoms with E-state index in [0.29, 0.717) is 5.56 Å². The maximum atomic E-state index is 10.9. The number of carbonyl (C=O) groups is 1. The molecule has 5 heteroatoms. The second-order valence-electron chi connectivity index (χ2n) is 4.23. The van der Waals surface area contributed by atoms with E-state index < -0.39 is 5.91 Å². The monoisotopic (exact) mass is 251 g/mol. The van der Waals surface area contributed by atoms with Crippen LogP contribution in [0.1, 0.15) is 23.2 Å². The molecule has 0 spiro atoms. The van der Waals surface area contributed by atoms with Gasteiger partial charge in [-0.15, -0.1) is 0 Å². The van der Waals surface area contributed by atoms with Gasteiger partial charge in [0.1, 0.15) is 5.82 Å². The molecule has 3 N–H and O–H groups in total. The van der Waals surface area contributed by atoms with Crippen molar-refractivity contribution in [1.82, 2.24) is 4.98 Å². The van der Waals surface area contributed by atoms with Crippen molar-refractivity contribution >= 4 is 23.5 Å². The lowest BCUT2D eigenvalue weighted by atomic mass is 10.0. The molecule has 1 aromatic rings. The van der Waals surface area contributed by atoms with Crippen molar-refractivity contribution in [3.05, 3.63) is 23.9 Å². The molecule has 0 atom stereocenters. The molecule has 1 aliphatic heterocycles. The fourth-order valence-corrected chi connectivity index (χ4v) is 3.05. The van der Waals surface area contributed by atoms with E-state index in [4.69, 9.17) is 5.73 Å². The van der Waals surface area contributed by atoms with Gasteiger partial charge in [0.15, 0.2) is 0 Å².